The Morgan fingerprint density at radius 1 is 0.793 bits per heavy atom. The molecule has 172 valence electrons. The Kier molecular flexibility index (Phi) is 10.2. The van der Waals surface area contributed by atoms with Crippen molar-refractivity contribution in [1.29, 1.82) is 0 Å². The van der Waals surface area contributed by atoms with Crippen molar-refractivity contribution in [2.75, 3.05) is 41.7 Å². The molecular formula is C19H36O10. The summed E-state index contributed by atoms with van der Waals surface area (Å²) in [4.78, 5) is 0. The summed E-state index contributed by atoms with van der Waals surface area (Å²) in [5.41, 5.74) is 0. The maximum Gasteiger partial charge on any atom is 0.187 e. The largest absolute Gasteiger partial charge is 0.387 e. The van der Waals surface area contributed by atoms with Crippen LogP contribution >= 0.6 is 0 Å². The monoisotopic (exact) mass is 424 g/mol. The lowest BCUT2D eigenvalue weighted by molar-refractivity contribution is -0.360. The van der Waals surface area contributed by atoms with E-state index >= 15 is 0 Å². The van der Waals surface area contributed by atoms with E-state index in [1.165, 1.54) is 14.2 Å². The molecular weight excluding hydrogens is 388 g/mol. The summed E-state index contributed by atoms with van der Waals surface area (Å²) in [6, 6.07) is 0. The summed E-state index contributed by atoms with van der Waals surface area (Å²) in [6.45, 7) is 4.48. The van der Waals surface area contributed by atoms with Crippen molar-refractivity contribution in [2.24, 2.45) is 0 Å². The molecule has 29 heavy (non-hydrogen) atoms. The van der Waals surface area contributed by atoms with E-state index in [4.69, 9.17) is 37.9 Å². The summed E-state index contributed by atoms with van der Waals surface area (Å²) in [5, 5.41) is 21.0. The van der Waals surface area contributed by atoms with Gasteiger partial charge < -0.3 is 48.1 Å². The topological polar surface area (TPSA) is 114 Å². The van der Waals surface area contributed by atoms with Crippen LogP contribution in [0.5, 0.6) is 0 Å². The second-order valence-corrected chi connectivity index (χ2v) is 7.26. The lowest BCUT2D eigenvalue weighted by Gasteiger charge is -2.47. The molecule has 10 atom stereocenters. The Balaban J connectivity index is 2.16. The van der Waals surface area contributed by atoms with Gasteiger partial charge in [-0.3, -0.25) is 0 Å². The number of ether oxygens (including phenoxy) is 8. The Hall–Kier alpha value is -0.400. The molecule has 0 aromatic rings. The number of hydrogen-bond donors (Lipinski definition) is 2. The SMILES string of the molecule is CCCO[C@@H]1O[C@@H](C)[C@H](O[C@@H]2O[C@H](COC)[C@@H](O)[C@H](OC)[C@H]2O)[C@@H](OC)[C@H]1OC. The highest BCUT2D eigenvalue weighted by Gasteiger charge is 2.51. The van der Waals surface area contributed by atoms with Gasteiger partial charge in [0.15, 0.2) is 12.6 Å². The highest BCUT2D eigenvalue weighted by Crippen LogP contribution is 2.32. The van der Waals surface area contributed by atoms with Crippen LogP contribution < -0.4 is 0 Å². The van der Waals surface area contributed by atoms with Crippen LogP contribution in [0.15, 0.2) is 0 Å². The van der Waals surface area contributed by atoms with Gasteiger partial charge in [0.25, 0.3) is 0 Å². The molecule has 0 saturated carbocycles. The minimum absolute atomic E-state index is 0.117. The third-order valence-electron chi connectivity index (χ3n) is 5.29. The van der Waals surface area contributed by atoms with Crippen LogP contribution in [0.1, 0.15) is 20.3 Å². The van der Waals surface area contributed by atoms with Crippen molar-refractivity contribution in [3.63, 3.8) is 0 Å². The molecule has 0 radical (unpaired) electrons. The number of hydrogen-bond acceptors (Lipinski definition) is 10. The van der Waals surface area contributed by atoms with Crippen LogP contribution in [0.2, 0.25) is 0 Å². The highest BCUT2D eigenvalue weighted by atomic mass is 16.7. The second-order valence-electron chi connectivity index (χ2n) is 7.26. The maximum atomic E-state index is 10.6. The Morgan fingerprint density at radius 3 is 2.00 bits per heavy atom. The molecule has 2 heterocycles. The van der Waals surface area contributed by atoms with Crippen LogP contribution in [0.3, 0.4) is 0 Å². The van der Waals surface area contributed by atoms with E-state index in [0.29, 0.717) is 6.61 Å². The van der Waals surface area contributed by atoms with Gasteiger partial charge in [0.05, 0.1) is 12.7 Å². The van der Waals surface area contributed by atoms with Gasteiger partial charge in [0.1, 0.15) is 42.7 Å². The highest BCUT2D eigenvalue weighted by molar-refractivity contribution is 4.94. The molecule has 2 rings (SSSR count). The molecule has 2 saturated heterocycles. The molecule has 2 fully saturated rings. The quantitative estimate of drug-likeness (QED) is 0.484. The molecule has 0 aromatic carbocycles. The van der Waals surface area contributed by atoms with Gasteiger partial charge in [-0.25, -0.2) is 0 Å². The molecule has 0 aromatic heterocycles. The number of aliphatic hydroxyl groups excluding tert-OH is 2. The maximum absolute atomic E-state index is 10.6. The van der Waals surface area contributed by atoms with Crippen molar-refractivity contribution >= 4 is 0 Å². The summed E-state index contributed by atoms with van der Waals surface area (Å²) in [6.07, 6.45) is -6.87. The van der Waals surface area contributed by atoms with E-state index in [-0.39, 0.29) is 6.61 Å². The zero-order valence-electron chi connectivity index (χ0n) is 18.1. The first kappa shape index (κ1) is 24.9. The van der Waals surface area contributed by atoms with Crippen molar-refractivity contribution in [3.05, 3.63) is 0 Å². The third-order valence-corrected chi connectivity index (χ3v) is 5.29. The average molecular weight is 424 g/mol. The smallest absolute Gasteiger partial charge is 0.187 e. The van der Waals surface area contributed by atoms with Gasteiger partial charge in [-0.15, -0.1) is 0 Å². The van der Waals surface area contributed by atoms with Crippen LogP contribution in [-0.2, 0) is 37.9 Å². The fraction of sp³-hybridized carbons (Fsp3) is 1.00. The van der Waals surface area contributed by atoms with E-state index in [0.717, 1.165) is 6.42 Å². The Labute approximate surface area is 172 Å². The van der Waals surface area contributed by atoms with Crippen molar-refractivity contribution < 1.29 is 48.1 Å². The van der Waals surface area contributed by atoms with E-state index in [1.807, 2.05) is 13.8 Å². The van der Waals surface area contributed by atoms with Crippen LogP contribution in [0.4, 0.5) is 0 Å². The molecule has 0 aliphatic carbocycles. The number of rotatable bonds is 10. The van der Waals surface area contributed by atoms with E-state index in [9.17, 15) is 10.2 Å². The van der Waals surface area contributed by atoms with E-state index in [2.05, 4.69) is 0 Å². The Bertz CT molecular complexity index is 466. The molecule has 2 aliphatic heterocycles. The minimum Gasteiger partial charge on any atom is -0.387 e. The fourth-order valence-corrected chi connectivity index (χ4v) is 3.80. The predicted octanol–water partition coefficient (Wildman–Crippen LogP) is -0.319. The molecule has 10 nitrogen and oxygen atoms in total. The predicted molar refractivity (Wildman–Crippen MR) is 100 cm³/mol. The molecule has 10 heteroatoms. The van der Waals surface area contributed by atoms with Crippen molar-refractivity contribution in [2.45, 2.75) is 81.7 Å². The molecule has 0 unspecified atom stereocenters. The standard InChI is InChI=1S/C19H36O10/c1-7-8-26-19-17(25-6)16(24-5)14(10(2)27-19)29-18-13(21)15(23-4)12(20)11(28-18)9-22-3/h10-21H,7-9H2,1-6H3/t10-,11+,12+,13+,14-,15-,16+,17+,18-,19+/m0/s1. The van der Waals surface area contributed by atoms with E-state index in [1.54, 1.807) is 14.2 Å². The zero-order valence-corrected chi connectivity index (χ0v) is 18.1. The van der Waals surface area contributed by atoms with Gasteiger partial charge in [0, 0.05) is 35.0 Å². The molecule has 0 amide bonds. The summed E-state index contributed by atoms with van der Waals surface area (Å²) in [7, 11) is 6.00. The third kappa shape index (κ3) is 5.65. The van der Waals surface area contributed by atoms with Gasteiger partial charge in [-0.05, 0) is 13.3 Å². The fourth-order valence-electron chi connectivity index (χ4n) is 3.80. The number of methoxy groups -OCH3 is 4. The number of aliphatic hydroxyl groups is 2. The zero-order chi connectivity index (χ0) is 21.6. The summed E-state index contributed by atoms with van der Waals surface area (Å²) >= 11 is 0. The first-order valence-electron chi connectivity index (χ1n) is 9.94. The van der Waals surface area contributed by atoms with Crippen LogP contribution in [0, 0.1) is 0 Å². The van der Waals surface area contributed by atoms with Gasteiger partial charge in [0.2, 0.25) is 0 Å². The Morgan fingerprint density at radius 2 is 1.45 bits per heavy atom. The normalized spacial score (nSPS) is 43.4. The summed E-state index contributed by atoms with van der Waals surface area (Å²) in [5.74, 6) is 0. The molecule has 2 N–H and O–H groups in total. The lowest BCUT2D eigenvalue weighted by Crippen LogP contribution is -2.64. The molecule has 0 spiro atoms. The first-order chi connectivity index (χ1) is 13.9. The lowest BCUT2D eigenvalue weighted by atomic mass is 9.97. The van der Waals surface area contributed by atoms with E-state index < -0.39 is 61.4 Å². The molecule has 2 aliphatic rings. The van der Waals surface area contributed by atoms with Gasteiger partial charge in [-0.2, -0.15) is 0 Å². The van der Waals surface area contributed by atoms with Gasteiger partial charge >= 0.3 is 0 Å². The van der Waals surface area contributed by atoms with Gasteiger partial charge in [-0.1, -0.05) is 6.92 Å². The van der Waals surface area contributed by atoms with Crippen LogP contribution in [0.25, 0.3) is 0 Å². The first-order valence-corrected chi connectivity index (χ1v) is 9.94. The van der Waals surface area contributed by atoms with Crippen molar-refractivity contribution in [3.8, 4) is 0 Å². The summed E-state index contributed by atoms with van der Waals surface area (Å²) < 4.78 is 45.2. The second kappa shape index (κ2) is 11.8. The minimum atomic E-state index is -1.22. The average Bonchev–Trinajstić information content (AvgIpc) is 2.71. The molecule has 0 bridgehead atoms. The van der Waals surface area contributed by atoms with Crippen LogP contribution in [-0.4, -0.2) is 113 Å². The van der Waals surface area contributed by atoms with Crippen molar-refractivity contribution in [1.82, 2.24) is 0 Å².